The molecule has 0 radical (unpaired) electrons. The monoisotopic (exact) mass is 221 g/mol. The first-order valence-corrected chi connectivity index (χ1v) is 5.95. The molecule has 2 aromatic rings. The Morgan fingerprint density at radius 1 is 0.941 bits per heavy atom. The van der Waals surface area contributed by atoms with Crippen molar-refractivity contribution < 1.29 is 0 Å². The highest BCUT2D eigenvalue weighted by atomic mass is 14.8. The molecule has 0 saturated carbocycles. The lowest BCUT2D eigenvalue weighted by Gasteiger charge is -2.33. The van der Waals surface area contributed by atoms with Crippen LogP contribution in [0.15, 0.2) is 59.6 Å². The lowest BCUT2D eigenvalue weighted by atomic mass is 9.73. The van der Waals surface area contributed by atoms with Crippen molar-refractivity contribution in [1.82, 2.24) is 0 Å². The Morgan fingerprint density at radius 3 is 2.47 bits per heavy atom. The van der Waals surface area contributed by atoms with Crippen molar-refractivity contribution in [3.8, 4) is 0 Å². The summed E-state index contributed by atoms with van der Waals surface area (Å²) in [6.45, 7) is 3.10. The van der Waals surface area contributed by atoms with Crippen LogP contribution in [0.4, 0.5) is 0 Å². The summed E-state index contributed by atoms with van der Waals surface area (Å²) in [7, 11) is 0. The van der Waals surface area contributed by atoms with Gasteiger partial charge in [0, 0.05) is 11.6 Å². The number of benzene rings is 2. The maximum atomic E-state index is 4.52. The van der Waals surface area contributed by atoms with Crippen LogP contribution < -0.4 is 0 Å². The predicted molar refractivity (Wildman–Crippen MR) is 71.8 cm³/mol. The van der Waals surface area contributed by atoms with Crippen LogP contribution in [0.3, 0.4) is 0 Å². The fourth-order valence-corrected chi connectivity index (χ4v) is 2.58. The summed E-state index contributed by atoms with van der Waals surface area (Å²) in [5, 5.41) is 0. The maximum absolute atomic E-state index is 4.52. The second kappa shape index (κ2) is 3.85. The Kier molecular flexibility index (Phi) is 2.32. The van der Waals surface area contributed by atoms with E-state index in [0.717, 1.165) is 6.54 Å². The third kappa shape index (κ3) is 1.59. The zero-order chi connectivity index (χ0) is 11.7. The average Bonchev–Trinajstić information content (AvgIpc) is 2.40. The molecule has 17 heavy (non-hydrogen) atoms. The summed E-state index contributed by atoms with van der Waals surface area (Å²) >= 11 is 0. The molecule has 0 aromatic heterocycles. The lowest BCUT2D eigenvalue weighted by molar-refractivity contribution is 0.578. The number of hydrogen-bond donors (Lipinski definition) is 0. The molecule has 3 rings (SSSR count). The van der Waals surface area contributed by atoms with Gasteiger partial charge in [-0.2, -0.15) is 0 Å². The van der Waals surface area contributed by atoms with E-state index < -0.39 is 0 Å². The highest BCUT2D eigenvalue weighted by Gasteiger charge is 2.32. The van der Waals surface area contributed by atoms with Crippen LogP contribution in [-0.4, -0.2) is 12.8 Å². The molecule has 0 bridgehead atoms. The predicted octanol–water partition coefficient (Wildman–Crippen LogP) is 3.43. The molecule has 1 heteroatoms. The molecule has 1 nitrogen and oxygen atoms in total. The van der Waals surface area contributed by atoms with E-state index in [1.54, 1.807) is 0 Å². The van der Waals surface area contributed by atoms with E-state index in [0.29, 0.717) is 0 Å². The smallest absolute Gasteiger partial charge is 0.0524 e. The molecule has 1 unspecified atom stereocenters. The zero-order valence-corrected chi connectivity index (χ0v) is 9.93. The Hall–Kier alpha value is -1.89. The van der Waals surface area contributed by atoms with Crippen LogP contribution in [0.1, 0.15) is 23.6 Å². The number of fused-ring (bicyclic) bond motifs is 1. The van der Waals surface area contributed by atoms with Gasteiger partial charge >= 0.3 is 0 Å². The summed E-state index contributed by atoms with van der Waals surface area (Å²) in [5.74, 6) is 0. The average molecular weight is 221 g/mol. The van der Waals surface area contributed by atoms with Crippen molar-refractivity contribution in [2.45, 2.75) is 12.3 Å². The van der Waals surface area contributed by atoms with Gasteiger partial charge in [0.05, 0.1) is 6.54 Å². The van der Waals surface area contributed by atoms with Crippen molar-refractivity contribution in [3.63, 3.8) is 0 Å². The molecular weight excluding hydrogens is 206 g/mol. The maximum Gasteiger partial charge on any atom is 0.0524 e. The van der Waals surface area contributed by atoms with E-state index in [2.05, 4.69) is 66.5 Å². The molecular formula is C16H15N. The molecule has 0 fully saturated rings. The van der Waals surface area contributed by atoms with Crippen LogP contribution in [0.25, 0.3) is 0 Å². The van der Waals surface area contributed by atoms with E-state index in [4.69, 9.17) is 0 Å². The Balaban J connectivity index is 2.19. The molecule has 1 heterocycles. The van der Waals surface area contributed by atoms with Gasteiger partial charge in [0.2, 0.25) is 0 Å². The minimum Gasteiger partial charge on any atom is -0.291 e. The number of rotatable bonds is 1. The standard InChI is InChI=1S/C16H15N/c1-16(14-8-3-2-4-9-14)12-17-11-13-7-5-6-10-15(13)16/h2-11H,12H2,1H3. The summed E-state index contributed by atoms with van der Waals surface area (Å²) in [5.41, 5.74) is 3.96. The van der Waals surface area contributed by atoms with Gasteiger partial charge in [-0.05, 0) is 23.6 Å². The summed E-state index contributed by atoms with van der Waals surface area (Å²) in [6, 6.07) is 19.2. The van der Waals surface area contributed by atoms with Crippen LogP contribution >= 0.6 is 0 Å². The SMILES string of the molecule is CC1(c2ccccc2)CN=Cc2ccccc21. The van der Waals surface area contributed by atoms with Crippen molar-refractivity contribution >= 4 is 6.21 Å². The van der Waals surface area contributed by atoms with E-state index in [9.17, 15) is 0 Å². The second-order valence-electron chi connectivity index (χ2n) is 4.76. The Morgan fingerprint density at radius 2 is 1.65 bits per heavy atom. The minimum atomic E-state index is 0.00655. The third-order valence-corrected chi connectivity index (χ3v) is 3.60. The van der Waals surface area contributed by atoms with Crippen LogP contribution in [0.2, 0.25) is 0 Å². The van der Waals surface area contributed by atoms with Gasteiger partial charge in [-0.15, -0.1) is 0 Å². The van der Waals surface area contributed by atoms with Crippen molar-refractivity contribution in [2.24, 2.45) is 4.99 Å². The van der Waals surface area contributed by atoms with Gasteiger partial charge in [0.15, 0.2) is 0 Å². The van der Waals surface area contributed by atoms with Gasteiger partial charge < -0.3 is 0 Å². The number of nitrogens with zero attached hydrogens (tertiary/aromatic N) is 1. The molecule has 0 saturated heterocycles. The number of aliphatic imine (C=N–C) groups is 1. The molecule has 1 atom stereocenters. The van der Waals surface area contributed by atoms with Gasteiger partial charge in [-0.3, -0.25) is 4.99 Å². The first-order chi connectivity index (χ1) is 8.31. The van der Waals surface area contributed by atoms with E-state index in [-0.39, 0.29) is 5.41 Å². The quantitative estimate of drug-likeness (QED) is 0.699. The molecule has 0 spiro atoms. The van der Waals surface area contributed by atoms with Gasteiger partial charge in [0.25, 0.3) is 0 Å². The van der Waals surface area contributed by atoms with Crippen molar-refractivity contribution in [1.29, 1.82) is 0 Å². The highest BCUT2D eigenvalue weighted by molar-refractivity contribution is 5.84. The normalized spacial score (nSPS) is 22.2. The van der Waals surface area contributed by atoms with Crippen molar-refractivity contribution in [3.05, 3.63) is 71.3 Å². The zero-order valence-electron chi connectivity index (χ0n) is 9.93. The summed E-state index contributed by atoms with van der Waals surface area (Å²) < 4.78 is 0. The second-order valence-corrected chi connectivity index (χ2v) is 4.76. The number of hydrogen-bond acceptors (Lipinski definition) is 1. The lowest BCUT2D eigenvalue weighted by Crippen LogP contribution is -2.31. The highest BCUT2D eigenvalue weighted by Crippen LogP contribution is 2.35. The van der Waals surface area contributed by atoms with E-state index >= 15 is 0 Å². The third-order valence-electron chi connectivity index (χ3n) is 3.60. The van der Waals surface area contributed by atoms with Crippen LogP contribution in [-0.2, 0) is 5.41 Å². The first kappa shape index (κ1) is 10.3. The summed E-state index contributed by atoms with van der Waals surface area (Å²) in [4.78, 5) is 4.52. The minimum absolute atomic E-state index is 0.00655. The van der Waals surface area contributed by atoms with Crippen LogP contribution in [0, 0.1) is 0 Å². The van der Waals surface area contributed by atoms with Gasteiger partial charge in [-0.1, -0.05) is 54.6 Å². The molecule has 84 valence electrons. The van der Waals surface area contributed by atoms with Crippen LogP contribution in [0.5, 0.6) is 0 Å². The molecule has 0 aliphatic carbocycles. The van der Waals surface area contributed by atoms with E-state index in [1.807, 2.05) is 6.21 Å². The fourth-order valence-electron chi connectivity index (χ4n) is 2.58. The molecule has 2 aromatic carbocycles. The molecule has 1 aliphatic heterocycles. The molecule has 1 aliphatic rings. The molecule has 0 amide bonds. The first-order valence-electron chi connectivity index (χ1n) is 5.95. The van der Waals surface area contributed by atoms with E-state index in [1.165, 1.54) is 16.7 Å². The van der Waals surface area contributed by atoms with Gasteiger partial charge in [0.1, 0.15) is 0 Å². The largest absolute Gasteiger partial charge is 0.291 e. The fraction of sp³-hybridized carbons (Fsp3) is 0.188. The van der Waals surface area contributed by atoms with Crippen molar-refractivity contribution in [2.75, 3.05) is 6.54 Å². The topological polar surface area (TPSA) is 12.4 Å². The van der Waals surface area contributed by atoms with Gasteiger partial charge in [-0.25, -0.2) is 0 Å². The Labute approximate surface area is 102 Å². The Bertz CT molecular complexity index is 557. The summed E-state index contributed by atoms with van der Waals surface area (Å²) in [6.07, 6.45) is 1.99. The molecule has 0 N–H and O–H groups in total.